The SMILES string of the molecule is CCN(CC)CCCCNC(=O)C1C2CC3CC(C2)CC1C3. The largest absolute Gasteiger partial charge is 0.356 e. The first-order chi connectivity index (χ1) is 10.7. The number of carbonyl (C=O) groups is 1. The third kappa shape index (κ3) is 3.50. The van der Waals surface area contributed by atoms with Crippen LogP contribution in [0.2, 0.25) is 0 Å². The van der Waals surface area contributed by atoms with Crippen LogP contribution >= 0.6 is 0 Å². The number of unbranched alkanes of at least 4 members (excludes halogenated alkanes) is 1. The van der Waals surface area contributed by atoms with Gasteiger partial charge >= 0.3 is 0 Å². The van der Waals surface area contributed by atoms with Crippen LogP contribution in [-0.2, 0) is 4.79 Å². The molecule has 0 heterocycles. The van der Waals surface area contributed by atoms with Crippen molar-refractivity contribution in [1.29, 1.82) is 0 Å². The van der Waals surface area contributed by atoms with Gasteiger partial charge in [-0.1, -0.05) is 13.8 Å². The lowest BCUT2D eigenvalue weighted by atomic mass is 9.51. The zero-order valence-electron chi connectivity index (χ0n) is 14.5. The second kappa shape index (κ2) is 7.33. The van der Waals surface area contributed by atoms with E-state index in [2.05, 4.69) is 24.1 Å². The molecule has 0 spiro atoms. The van der Waals surface area contributed by atoms with Crippen LogP contribution in [0.4, 0.5) is 0 Å². The molecule has 0 unspecified atom stereocenters. The summed E-state index contributed by atoms with van der Waals surface area (Å²) in [6.45, 7) is 8.76. The van der Waals surface area contributed by atoms with E-state index in [4.69, 9.17) is 0 Å². The molecule has 4 rings (SSSR count). The van der Waals surface area contributed by atoms with Gasteiger partial charge in [0.05, 0.1) is 0 Å². The van der Waals surface area contributed by atoms with Crippen molar-refractivity contribution in [3.05, 3.63) is 0 Å². The summed E-state index contributed by atoms with van der Waals surface area (Å²) < 4.78 is 0. The third-order valence-electron chi connectivity index (χ3n) is 6.62. The minimum absolute atomic E-state index is 0.357. The molecule has 4 fully saturated rings. The van der Waals surface area contributed by atoms with Gasteiger partial charge in [0.2, 0.25) is 5.91 Å². The lowest BCUT2D eigenvalue weighted by Crippen LogP contribution is -2.51. The molecule has 4 saturated carbocycles. The zero-order chi connectivity index (χ0) is 15.5. The number of hydrogen-bond donors (Lipinski definition) is 1. The molecule has 0 radical (unpaired) electrons. The van der Waals surface area contributed by atoms with Crippen molar-refractivity contribution in [2.24, 2.45) is 29.6 Å². The van der Waals surface area contributed by atoms with Crippen molar-refractivity contribution in [2.45, 2.75) is 58.8 Å². The first-order valence-corrected chi connectivity index (χ1v) is 9.71. The summed E-state index contributed by atoms with van der Waals surface area (Å²) in [6, 6.07) is 0. The summed E-state index contributed by atoms with van der Waals surface area (Å²) in [4.78, 5) is 15.1. The summed E-state index contributed by atoms with van der Waals surface area (Å²) in [5, 5.41) is 3.26. The van der Waals surface area contributed by atoms with Crippen LogP contribution in [-0.4, -0.2) is 37.0 Å². The zero-order valence-corrected chi connectivity index (χ0v) is 14.5. The minimum Gasteiger partial charge on any atom is -0.356 e. The van der Waals surface area contributed by atoms with Gasteiger partial charge in [-0.05, 0) is 88.3 Å². The molecule has 0 aromatic carbocycles. The van der Waals surface area contributed by atoms with Crippen LogP contribution in [0.1, 0.15) is 58.8 Å². The number of nitrogens with zero attached hydrogens (tertiary/aromatic N) is 1. The smallest absolute Gasteiger partial charge is 0.223 e. The Balaban J connectivity index is 1.38. The van der Waals surface area contributed by atoms with Crippen LogP contribution in [0.5, 0.6) is 0 Å². The van der Waals surface area contributed by atoms with E-state index in [0.717, 1.165) is 37.9 Å². The van der Waals surface area contributed by atoms with Gasteiger partial charge in [-0.25, -0.2) is 0 Å². The van der Waals surface area contributed by atoms with Crippen molar-refractivity contribution in [1.82, 2.24) is 10.2 Å². The molecule has 3 heteroatoms. The molecule has 3 nitrogen and oxygen atoms in total. The average molecular weight is 306 g/mol. The summed E-state index contributed by atoms with van der Waals surface area (Å²) >= 11 is 0. The van der Waals surface area contributed by atoms with E-state index in [0.29, 0.717) is 23.7 Å². The standard InChI is InChI=1S/C19H34N2O/c1-3-21(4-2)8-6-5-7-20-19(22)18-16-10-14-9-15(12-16)13-17(18)11-14/h14-18H,3-13H2,1-2H3,(H,20,22). The fourth-order valence-corrected chi connectivity index (χ4v) is 5.68. The van der Waals surface area contributed by atoms with Gasteiger partial charge in [0.15, 0.2) is 0 Å². The van der Waals surface area contributed by atoms with E-state index in [1.54, 1.807) is 0 Å². The van der Waals surface area contributed by atoms with Crippen molar-refractivity contribution >= 4 is 5.91 Å². The fourth-order valence-electron chi connectivity index (χ4n) is 5.68. The van der Waals surface area contributed by atoms with Crippen LogP contribution in [0.15, 0.2) is 0 Å². The highest BCUT2D eigenvalue weighted by Gasteiger charge is 2.50. The molecule has 0 aliphatic heterocycles. The quantitative estimate of drug-likeness (QED) is 0.698. The Morgan fingerprint density at radius 1 is 0.955 bits per heavy atom. The van der Waals surface area contributed by atoms with Gasteiger partial charge in [-0.15, -0.1) is 0 Å². The number of nitrogens with one attached hydrogen (secondary N) is 1. The van der Waals surface area contributed by atoms with Crippen LogP contribution in [0, 0.1) is 29.6 Å². The highest BCUT2D eigenvalue weighted by Crippen LogP contribution is 2.56. The molecular weight excluding hydrogens is 272 g/mol. The highest BCUT2D eigenvalue weighted by atomic mass is 16.1. The van der Waals surface area contributed by atoms with E-state index < -0.39 is 0 Å². The van der Waals surface area contributed by atoms with E-state index in [1.165, 1.54) is 45.1 Å². The van der Waals surface area contributed by atoms with Crippen molar-refractivity contribution in [3.8, 4) is 0 Å². The van der Waals surface area contributed by atoms with Gasteiger partial charge in [0, 0.05) is 12.5 Å². The minimum atomic E-state index is 0.357. The number of rotatable bonds is 8. The van der Waals surface area contributed by atoms with Gasteiger partial charge < -0.3 is 10.2 Å². The molecule has 4 bridgehead atoms. The summed E-state index contributed by atoms with van der Waals surface area (Å²) in [5.41, 5.74) is 0. The predicted molar refractivity (Wildman–Crippen MR) is 90.6 cm³/mol. The van der Waals surface area contributed by atoms with E-state index in [-0.39, 0.29) is 0 Å². The molecule has 22 heavy (non-hydrogen) atoms. The first-order valence-electron chi connectivity index (χ1n) is 9.71. The van der Waals surface area contributed by atoms with Crippen molar-refractivity contribution < 1.29 is 4.79 Å². The average Bonchev–Trinajstić information content (AvgIpc) is 2.50. The predicted octanol–water partition coefficient (Wildman–Crippen LogP) is 3.30. The highest BCUT2D eigenvalue weighted by molar-refractivity contribution is 5.79. The lowest BCUT2D eigenvalue weighted by molar-refractivity contribution is -0.138. The summed E-state index contributed by atoms with van der Waals surface area (Å²) in [6.07, 6.45) is 9.14. The molecule has 4 aliphatic carbocycles. The lowest BCUT2D eigenvalue weighted by Gasteiger charge is -2.53. The Labute approximate surface area is 136 Å². The monoisotopic (exact) mass is 306 g/mol. The Hall–Kier alpha value is -0.570. The molecular formula is C19H34N2O. The maximum atomic E-state index is 12.6. The number of carbonyl (C=O) groups excluding carboxylic acids is 1. The van der Waals surface area contributed by atoms with Crippen molar-refractivity contribution in [3.63, 3.8) is 0 Å². The Morgan fingerprint density at radius 3 is 2.09 bits per heavy atom. The Bertz CT molecular complexity index is 350. The Morgan fingerprint density at radius 2 is 1.55 bits per heavy atom. The molecule has 0 saturated heterocycles. The molecule has 0 aromatic heterocycles. The van der Waals surface area contributed by atoms with Gasteiger partial charge in [-0.2, -0.15) is 0 Å². The Kier molecular flexibility index (Phi) is 5.43. The molecule has 126 valence electrons. The van der Waals surface area contributed by atoms with Crippen LogP contribution in [0.25, 0.3) is 0 Å². The van der Waals surface area contributed by atoms with E-state index in [1.807, 2.05) is 0 Å². The summed E-state index contributed by atoms with van der Waals surface area (Å²) in [5.74, 6) is 4.09. The molecule has 1 N–H and O–H groups in total. The van der Waals surface area contributed by atoms with Gasteiger partial charge in [0.25, 0.3) is 0 Å². The molecule has 4 aliphatic rings. The van der Waals surface area contributed by atoms with Crippen LogP contribution in [0.3, 0.4) is 0 Å². The fraction of sp³-hybridized carbons (Fsp3) is 0.947. The van der Waals surface area contributed by atoms with E-state index in [9.17, 15) is 4.79 Å². The van der Waals surface area contributed by atoms with Crippen LogP contribution < -0.4 is 5.32 Å². The topological polar surface area (TPSA) is 32.3 Å². The third-order valence-corrected chi connectivity index (χ3v) is 6.62. The number of amides is 1. The number of hydrogen-bond acceptors (Lipinski definition) is 2. The second-order valence-corrected chi connectivity index (χ2v) is 7.98. The second-order valence-electron chi connectivity index (χ2n) is 7.98. The maximum Gasteiger partial charge on any atom is 0.223 e. The molecule has 0 atom stereocenters. The van der Waals surface area contributed by atoms with E-state index >= 15 is 0 Å². The van der Waals surface area contributed by atoms with Crippen molar-refractivity contribution in [2.75, 3.05) is 26.2 Å². The van der Waals surface area contributed by atoms with Gasteiger partial charge in [0.1, 0.15) is 0 Å². The summed E-state index contributed by atoms with van der Waals surface area (Å²) in [7, 11) is 0. The maximum absolute atomic E-state index is 12.6. The van der Waals surface area contributed by atoms with Gasteiger partial charge in [-0.3, -0.25) is 4.79 Å². The normalized spacial score (nSPS) is 36.0. The molecule has 1 amide bonds. The molecule has 0 aromatic rings. The first kappa shape index (κ1) is 16.3.